The minimum absolute atomic E-state index is 0.0814. The summed E-state index contributed by atoms with van der Waals surface area (Å²) >= 11 is 5.87. The van der Waals surface area contributed by atoms with Gasteiger partial charge in [0.25, 0.3) is 0 Å². The smallest absolute Gasteiger partial charge is 0.425 e. The molecule has 114 valence electrons. The lowest BCUT2D eigenvalue weighted by atomic mass is 10.0. The van der Waals surface area contributed by atoms with E-state index in [1.807, 2.05) is 29.7 Å². The monoisotopic (exact) mass is 318 g/mol. The van der Waals surface area contributed by atoms with Crippen LogP contribution in [0.1, 0.15) is 16.7 Å². The molecule has 0 saturated carbocycles. The van der Waals surface area contributed by atoms with Crippen molar-refractivity contribution in [2.75, 3.05) is 6.61 Å². The van der Waals surface area contributed by atoms with Crippen LogP contribution in [0.25, 0.3) is 0 Å². The standard InChI is InChI=1S/C16H15ClN2O3/c17-14-7-5-13(6-8-14)15(18-19-16(21)22)12-3-1-11(2-4-12)9-10-20/h1-8,19-20H,9-10H2,(H,21,22). The second-order valence-corrected chi connectivity index (χ2v) is 4.99. The Bertz CT molecular complexity index is 667. The van der Waals surface area contributed by atoms with Gasteiger partial charge in [0.1, 0.15) is 0 Å². The van der Waals surface area contributed by atoms with E-state index in [9.17, 15) is 4.79 Å². The second-order valence-electron chi connectivity index (χ2n) is 4.55. The van der Waals surface area contributed by atoms with E-state index in [1.54, 1.807) is 24.3 Å². The molecule has 0 fully saturated rings. The molecule has 0 aliphatic rings. The summed E-state index contributed by atoms with van der Waals surface area (Å²) in [6.45, 7) is 0.0814. The zero-order chi connectivity index (χ0) is 15.9. The second kappa shape index (κ2) is 7.59. The first-order valence-corrected chi connectivity index (χ1v) is 7.00. The summed E-state index contributed by atoms with van der Waals surface area (Å²) in [6, 6.07) is 14.4. The van der Waals surface area contributed by atoms with Gasteiger partial charge in [-0.25, -0.2) is 10.2 Å². The number of nitrogens with zero attached hydrogens (tertiary/aromatic N) is 1. The third-order valence-electron chi connectivity index (χ3n) is 3.01. The van der Waals surface area contributed by atoms with E-state index in [0.717, 1.165) is 16.7 Å². The van der Waals surface area contributed by atoms with E-state index in [0.29, 0.717) is 17.2 Å². The van der Waals surface area contributed by atoms with Crippen molar-refractivity contribution in [3.05, 3.63) is 70.2 Å². The van der Waals surface area contributed by atoms with Gasteiger partial charge in [0, 0.05) is 22.8 Å². The predicted molar refractivity (Wildman–Crippen MR) is 85.5 cm³/mol. The molecule has 0 spiro atoms. The Labute approximate surface area is 132 Å². The molecule has 0 heterocycles. The number of nitrogens with one attached hydrogen (secondary N) is 1. The van der Waals surface area contributed by atoms with Crippen LogP contribution in [0, 0.1) is 0 Å². The summed E-state index contributed by atoms with van der Waals surface area (Å²) in [5, 5.41) is 22.2. The van der Waals surface area contributed by atoms with Crippen LogP contribution < -0.4 is 5.43 Å². The molecule has 2 rings (SSSR count). The van der Waals surface area contributed by atoms with Crippen molar-refractivity contribution in [3.63, 3.8) is 0 Å². The molecule has 0 aliphatic carbocycles. The molecule has 0 aromatic heterocycles. The lowest BCUT2D eigenvalue weighted by Gasteiger charge is -2.08. The average molecular weight is 319 g/mol. The summed E-state index contributed by atoms with van der Waals surface area (Å²) < 4.78 is 0. The molecule has 0 atom stereocenters. The summed E-state index contributed by atoms with van der Waals surface area (Å²) in [4.78, 5) is 10.7. The largest absolute Gasteiger partial charge is 0.464 e. The van der Waals surface area contributed by atoms with Crippen molar-refractivity contribution in [2.24, 2.45) is 5.10 Å². The van der Waals surface area contributed by atoms with E-state index in [-0.39, 0.29) is 6.61 Å². The highest BCUT2D eigenvalue weighted by atomic mass is 35.5. The molecule has 22 heavy (non-hydrogen) atoms. The Kier molecular flexibility index (Phi) is 5.52. The molecule has 5 nitrogen and oxygen atoms in total. The van der Waals surface area contributed by atoms with Crippen LogP contribution in [0.3, 0.4) is 0 Å². The zero-order valence-corrected chi connectivity index (χ0v) is 12.4. The van der Waals surface area contributed by atoms with Gasteiger partial charge in [-0.1, -0.05) is 48.0 Å². The molecule has 0 bridgehead atoms. The first-order valence-electron chi connectivity index (χ1n) is 6.63. The fourth-order valence-corrected chi connectivity index (χ4v) is 2.09. The molecule has 0 unspecified atom stereocenters. The van der Waals surface area contributed by atoms with Gasteiger partial charge in [-0.05, 0) is 24.1 Å². The number of amides is 1. The maximum Gasteiger partial charge on any atom is 0.425 e. The molecule has 6 heteroatoms. The third-order valence-corrected chi connectivity index (χ3v) is 3.26. The minimum atomic E-state index is -1.23. The lowest BCUT2D eigenvalue weighted by molar-refractivity contribution is 0.195. The summed E-state index contributed by atoms with van der Waals surface area (Å²) in [7, 11) is 0. The molecule has 0 saturated heterocycles. The van der Waals surface area contributed by atoms with Crippen LogP contribution >= 0.6 is 11.6 Å². The van der Waals surface area contributed by atoms with Crippen LogP contribution in [0.2, 0.25) is 5.02 Å². The number of aliphatic hydroxyl groups is 1. The molecular weight excluding hydrogens is 304 g/mol. The third kappa shape index (κ3) is 4.31. The number of hydrogen-bond acceptors (Lipinski definition) is 3. The first kappa shape index (κ1) is 16.0. The van der Waals surface area contributed by atoms with Gasteiger partial charge in [0.15, 0.2) is 0 Å². The maximum atomic E-state index is 10.7. The zero-order valence-electron chi connectivity index (χ0n) is 11.7. The summed E-state index contributed by atoms with van der Waals surface area (Å²) in [6.07, 6.45) is -0.662. The van der Waals surface area contributed by atoms with E-state index in [4.69, 9.17) is 21.8 Å². The van der Waals surface area contributed by atoms with Crippen LogP contribution in [-0.2, 0) is 6.42 Å². The van der Waals surface area contributed by atoms with Crippen LogP contribution in [-0.4, -0.2) is 28.6 Å². The average Bonchev–Trinajstić information content (AvgIpc) is 2.51. The Morgan fingerprint density at radius 1 is 1.05 bits per heavy atom. The first-order chi connectivity index (χ1) is 10.6. The highest BCUT2D eigenvalue weighted by Crippen LogP contribution is 2.15. The topological polar surface area (TPSA) is 81.9 Å². The van der Waals surface area contributed by atoms with Gasteiger partial charge in [-0.2, -0.15) is 5.10 Å². The normalized spacial score (nSPS) is 11.3. The SMILES string of the molecule is O=C(O)NN=C(c1ccc(Cl)cc1)c1ccc(CCO)cc1. The van der Waals surface area contributed by atoms with Gasteiger partial charge >= 0.3 is 6.09 Å². The maximum absolute atomic E-state index is 10.7. The summed E-state index contributed by atoms with van der Waals surface area (Å²) in [5.41, 5.74) is 5.02. The molecule has 0 radical (unpaired) electrons. The van der Waals surface area contributed by atoms with Gasteiger partial charge in [-0.15, -0.1) is 0 Å². The molecule has 2 aromatic carbocycles. The Morgan fingerprint density at radius 3 is 2.09 bits per heavy atom. The van der Waals surface area contributed by atoms with Crippen molar-refractivity contribution in [2.45, 2.75) is 6.42 Å². The van der Waals surface area contributed by atoms with Crippen molar-refractivity contribution < 1.29 is 15.0 Å². The van der Waals surface area contributed by atoms with Crippen molar-refractivity contribution in [1.29, 1.82) is 0 Å². The number of hydrogen-bond donors (Lipinski definition) is 3. The van der Waals surface area contributed by atoms with Crippen LogP contribution in [0.5, 0.6) is 0 Å². The molecule has 3 N–H and O–H groups in total. The lowest BCUT2D eigenvalue weighted by Crippen LogP contribution is -2.18. The van der Waals surface area contributed by atoms with Gasteiger partial charge in [0.05, 0.1) is 5.71 Å². The fraction of sp³-hybridized carbons (Fsp3) is 0.125. The number of halogens is 1. The number of rotatable bonds is 5. The quantitative estimate of drug-likeness (QED) is 0.585. The molecule has 1 amide bonds. The Balaban J connectivity index is 2.37. The number of hydrazone groups is 1. The molecule has 0 aliphatic heterocycles. The minimum Gasteiger partial charge on any atom is -0.464 e. The Morgan fingerprint density at radius 2 is 1.59 bits per heavy atom. The van der Waals surface area contributed by atoms with Gasteiger partial charge in [-0.3, -0.25) is 0 Å². The van der Waals surface area contributed by atoms with E-state index >= 15 is 0 Å². The highest BCUT2D eigenvalue weighted by Gasteiger charge is 2.08. The molecular formula is C16H15ClN2O3. The number of carbonyl (C=O) groups is 1. The highest BCUT2D eigenvalue weighted by molar-refractivity contribution is 6.30. The number of aliphatic hydroxyl groups excluding tert-OH is 1. The number of carboxylic acid groups (broad SMARTS) is 1. The Hall–Kier alpha value is -2.37. The summed E-state index contributed by atoms with van der Waals surface area (Å²) in [5.74, 6) is 0. The van der Waals surface area contributed by atoms with Crippen molar-refractivity contribution >= 4 is 23.4 Å². The number of benzene rings is 2. The van der Waals surface area contributed by atoms with E-state index in [1.165, 1.54) is 0 Å². The fourth-order valence-electron chi connectivity index (χ4n) is 1.97. The van der Waals surface area contributed by atoms with Crippen LogP contribution in [0.15, 0.2) is 53.6 Å². The van der Waals surface area contributed by atoms with E-state index < -0.39 is 6.09 Å². The molecule has 2 aromatic rings. The van der Waals surface area contributed by atoms with Crippen molar-refractivity contribution in [3.8, 4) is 0 Å². The predicted octanol–water partition coefficient (Wildman–Crippen LogP) is 2.89. The van der Waals surface area contributed by atoms with Gasteiger partial charge < -0.3 is 10.2 Å². The van der Waals surface area contributed by atoms with Crippen molar-refractivity contribution in [1.82, 2.24) is 5.43 Å². The van der Waals surface area contributed by atoms with Crippen LogP contribution in [0.4, 0.5) is 4.79 Å². The van der Waals surface area contributed by atoms with Gasteiger partial charge in [0.2, 0.25) is 0 Å². The van der Waals surface area contributed by atoms with E-state index in [2.05, 4.69) is 5.10 Å².